The van der Waals surface area contributed by atoms with E-state index in [2.05, 4.69) is 17.4 Å². The Hall–Kier alpha value is -0.770. The lowest BCUT2D eigenvalue weighted by atomic mass is 10.5. The number of thiol groups is 1. The molecule has 4 heteroatoms. The zero-order valence-electron chi connectivity index (χ0n) is 6.40. The largest absolute Gasteiger partial charge is 0.389 e. The van der Waals surface area contributed by atoms with Crippen LogP contribution in [0.1, 0.15) is 13.8 Å². The van der Waals surface area contributed by atoms with Crippen LogP contribution in [-0.2, 0) is 14.3 Å². The van der Waals surface area contributed by atoms with Crippen LogP contribution in [0.4, 0.5) is 0 Å². The van der Waals surface area contributed by atoms with E-state index in [0.29, 0.717) is 0 Å². The third-order valence-corrected chi connectivity index (χ3v) is 1.06. The van der Waals surface area contributed by atoms with Crippen molar-refractivity contribution in [1.82, 2.24) is 0 Å². The average molecular weight is 174 g/mol. The summed E-state index contributed by atoms with van der Waals surface area (Å²) in [5.74, 6) is -1.28. The van der Waals surface area contributed by atoms with Crippen molar-refractivity contribution in [2.75, 3.05) is 0 Å². The van der Waals surface area contributed by atoms with Gasteiger partial charge in [0.25, 0.3) is 0 Å². The summed E-state index contributed by atoms with van der Waals surface area (Å²) >= 11 is 3.78. The summed E-state index contributed by atoms with van der Waals surface area (Å²) in [7, 11) is 0. The lowest BCUT2D eigenvalue weighted by Gasteiger charge is -2.00. The summed E-state index contributed by atoms with van der Waals surface area (Å²) in [5, 5.41) is -0.566. The third-order valence-electron chi connectivity index (χ3n) is 0.845. The van der Waals surface area contributed by atoms with Crippen molar-refractivity contribution in [1.29, 1.82) is 0 Å². The number of carbonyl (C=O) groups is 2. The van der Waals surface area contributed by atoms with Gasteiger partial charge in [-0.25, -0.2) is 4.79 Å². The third kappa shape index (κ3) is 4.61. The van der Waals surface area contributed by atoms with Crippen LogP contribution in [-0.4, -0.2) is 17.2 Å². The normalized spacial score (nSPS) is 13.0. The Kier molecular flexibility index (Phi) is 4.61. The van der Waals surface area contributed by atoms with E-state index >= 15 is 0 Å². The lowest BCUT2D eigenvalue weighted by molar-refractivity contribution is -0.155. The molecule has 0 aromatic heterocycles. The molecule has 0 spiro atoms. The molecule has 0 aromatic carbocycles. The second kappa shape index (κ2) is 4.96. The minimum atomic E-state index is -0.654. The molecule has 0 rings (SSSR count). The summed E-state index contributed by atoms with van der Waals surface area (Å²) in [4.78, 5) is 21.3. The Balaban J connectivity index is 3.86. The Morgan fingerprint density at radius 2 is 2.09 bits per heavy atom. The van der Waals surface area contributed by atoms with E-state index in [4.69, 9.17) is 0 Å². The second-order valence-electron chi connectivity index (χ2n) is 1.92. The van der Waals surface area contributed by atoms with E-state index in [1.807, 2.05) is 0 Å². The average Bonchev–Trinajstić information content (AvgIpc) is 1.87. The molecule has 0 aliphatic rings. The van der Waals surface area contributed by atoms with E-state index in [0.717, 1.165) is 0 Å². The number of ether oxygens (including phenoxy) is 1. The number of esters is 2. The Bertz CT molecular complexity index is 184. The van der Waals surface area contributed by atoms with Gasteiger partial charge in [-0.3, -0.25) is 4.79 Å². The molecule has 62 valence electrons. The molecule has 0 saturated heterocycles. The van der Waals surface area contributed by atoms with Gasteiger partial charge >= 0.3 is 11.9 Å². The van der Waals surface area contributed by atoms with Gasteiger partial charge in [-0.05, 0) is 13.8 Å². The fourth-order valence-electron chi connectivity index (χ4n) is 0.355. The van der Waals surface area contributed by atoms with E-state index in [1.54, 1.807) is 6.92 Å². The molecule has 3 nitrogen and oxygen atoms in total. The van der Waals surface area contributed by atoms with Crippen LogP contribution in [0.15, 0.2) is 12.2 Å². The van der Waals surface area contributed by atoms with E-state index in [-0.39, 0.29) is 0 Å². The van der Waals surface area contributed by atoms with Gasteiger partial charge < -0.3 is 4.74 Å². The SMILES string of the molecule is C/C=C/C(=O)OC(=O)C(C)S. The standard InChI is InChI=1S/C7H10O3S/c1-3-4-6(8)10-7(9)5(2)11/h3-5,11H,1-2H3/b4-3+. The van der Waals surface area contributed by atoms with Crippen LogP contribution < -0.4 is 0 Å². The molecule has 0 aliphatic carbocycles. The molecule has 0 aliphatic heterocycles. The highest BCUT2D eigenvalue weighted by Crippen LogP contribution is 1.96. The van der Waals surface area contributed by atoms with Crippen molar-refractivity contribution in [3.05, 3.63) is 12.2 Å². The summed E-state index contributed by atoms with van der Waals surface area (Å²) < 4.78 is 4.31. The van der Waals surface area contributed by atoms with Gasteiger partial charge in [-0.15, -0.1) is 0 Å². The summed E-state index contributed by atoms with van der Waals surface area (Å²) in [6.45, 7) is 3.20. The van der Waals surface area contributed by atoms with Gasteiger partial charge in [-0.2, -0.15) is 12.6 Å². The minimum absolute atomic E-state index is 0.566. The van der Waals surface area contributed by atoms with Crippen LogP contribution in [0.2, 0.25) is 0 Å². The van der Waals surface area contributed by atoms with Crippen LogP contribution in [0, 0.1) is 0 Å². The fraction of sp³-hybridized carbons (Fsp3) is 0.429. The van der Waals surface area contributed by atoms with Crippen molar-refractivity contribution in [2.24, 2.45) is 0 Å². The Morgan fingerprint density at radius 3 is 2.45 bits per heavy atom. The molecule has 0 radical (unpaired) electrons. The highest BCUT2D eigenvalue weighted by atomic mass is 32.1. The van der Waals surface area contributed by atoms with Crippen molar-refractivity contribution in [2.45, 2.75) is 19.1 Å². The number of allylic oxidation sites excluding steroid dienone is 1. The molecule has 0 fully saturated rings. The number of carbonyl (C=O) groups excluding carboxylic acids is 2. The van der Waals surface area contributed by atoms with Gasteiger partial charge in [0, 0.05) is 6.08 Å². The van der Waals surface area contributed by atoms with Gasteiger partial charge in [-0.1, -0.05) is 6.08 Å². The molecule has 1 atom stereocenters. The monoisotopic (exact) mass is 174 g/mol. The summed E-state index contributed by atoms with van der Waals surface area (Å²) in [6, 6.07) is 0. The molecule has 0 amide bonds. The van der Waals surface area contributed by atoms with Gasteiger partial charge in [0.15, 0.2) is 0 Å². The molecule has 0 saturated carbocycles. The molecule has 0 aromatic rings. The van der Waals surface area contributed by atoms with Crippen LogP contribution in [0.5, 0.6) is 0 Å². The summed E-state index contributed by atoms with van der Waals surface area (Å²) in [5.41, 5.74) is 0. The zero-order chi connectivity index (χ0) is 8.85. The van der Waals surface area contributed by atoms with Crippen LogP contribution in [0.25, 0.3) is 0 Å². The number of rotatable bonds is 2. The summed E-state index contributed by atoms with van der Waals surface area (Å²) in [6.07, 6.45) is 2.67. The van der Waals surface area contributed by atoms with Gasteiger partial charge in [0.2, 0.25) is 0 Å². The van der Waals surface area contributed by atoms with Crippen molar-refractivity contribution in [3.8, 4) is 0 Å². The Labute approximate surface area is 70.8 Å². The highest BCUT2D eigenvalue weighted by molar-refractivity contribution is 7.81. The van der Waals surface area contributed by atoms with Gasteiger partial charge in [0.1, 0.15) is 0 Å². The maximum Gasteiger partial charge on any atom is 0.338 e. The number of hydrogen-bond acceptors (Lipinski definition) is 4. The smallest absolute Gasteiger partial charge is 0.338 e. The van der Waals surface area contributed by atoms with E-state index in [9.17, 15) is 9.59 Å². The maximum atomic E-state index is 10.7. The Morgan fingerprint density at radius 1 is 1.55 bits per heavy atom. The first-order valence-electron chi connectivity index (χ1n) is 3.14. The molecular weight excluding hydrogens is 164 g/mol. The van der Waals surface area contributed by atoms with Crippen LogP contribution >= 0.6 is 12.6 Å². The maximum absolute atomic E-state index is 10.7. The fourth-order valence-corrected chi connectivity index (χ4v) is 0.407. The minimum Gasteiger partial charge on any atom is -0.389 e. The van der Waals surface area contributed by atoms with Crippen molar-refractivity contribution >= 4 is 24.6 Å². The molecule has 0 N–H and O–H groups in total. The molecule has 0 heterocycles. The molecule has 11 heavy (non-hydrogen) atoms. The quantitative estimate of drug-likeness (QED) is 0.293. The highest BCUT2D eigenvalue weighted by Gasteiger charge is 2.11. The zero-order valence-corrected chi connectivity index (χ0v) is 7.30. The topological polar surface area (TPSA) is 43.4 Å². The predicted molar refractivity (Wildman–Crippen MR) is 44.4 cm³/mol. The molecule has 0 bridgehead atoms. The first kappa shape index (κ1) is 10.2. The first-order chi connectivity index (χ1) is 5.07. The lowest BCUT2D eigenvalue weighted by Crippen LogP contribution is -2.17. The second-order valence-corrected chi connectivity index (χ2v) is 2.69. The number of hydrogen-bond donors (Lipinski definition) is 1. The molecular formula is C7H10O3S. The van der Waals surface area contributed by atoms with E-state index in [1.165, 1.54) is 19.1 Å². The molecule has 1 unspecified atom stereocenters. The van der Waals surface area contributed by atoms with Crippen molar-refractivity contribution in [3.63, 3.8) is 0 Å². The van der Waals surface area contributed by atoms with Gasteiger partial charge in [0.05, 0.1) is 5.25 Å². The van der Waals surface area contributed by atoms with E-state index < -0.39 is 17.2 Å². The van der Waals surface area contributed by atoms with Crippen LogP contribution in [0.3, 0.4) is 0 Å². The predicted octanol–water partition coefficient (Wildman–Crippen LogP) is 0.951. The van der Waals surface area contributed by atoms with Crippen molar-refractivity contribution < 1.29 is 14.3 Å². The first-order valence-corrected chi connectivity index (χ1v) is 3.66.